The molecule has 0 aliphatic heterocycles. The van der Waals surface area contributed by atoms with Gasteiger partial charge in [0.1, 0.15) is 6.04 Å². The van der Waals surface area contributed by atoms with Gasteiger partial charge >= 0.3 is 5.97 Å². The van der Waals surface area contributed by atoms with Crippen LogP contribution < -0.4 is 9.79 Å². The first kappa shape index (κ1) is 27.4. The van der Waals surface area contributed by atoms with Gasteiger partial charge in [-0.15, -0.1) is 11.3 Å². The predicted molar refractivity (Wildman–Crippen MR) is 146 cm³/mol. The number of nitrogens with one attached hydrogen (secondary N) is 1. The molecule has 1 atom stereocenters. The fraction of sp³-hybridized carbons (Fsp3) is 0.222. The van der Waals surface area contributed by atoms with Crippen molar-refractivity contribution in [1.82, 2.24) is 9.71 Å². The fourth-order valence-electron chi connectivity index (χ4n) is 4.06. The number of hydroxylamine groups is 1. The quantitative estimate of drug-likeness (QED) is 0.127. The average Bonchev–Trinajstić information content (AvgIpc) is 3.42. The number of fused-ring (bicyclic) bond motifs is 1. The van der Waals surface area contributed by atoms with Crippen molar-refractivity contribution >= 4 is 49.1 Å². The zero-order valence-corrected chi connectivity index (χ0v) is 22.0. The van der Waals surface area contributed by atoms with Crippen LogP contribution in [0, 0.1) is 0 Å². The smallest absolute Gasteiger partial charge is 0.303 e. The predicted octanol–water partition coefficient (Wildman–Crippen LogP) is 5.07. The average molecular weight is 554 g/mol. The van der Waals surface area contributed by atoms with Crippen LogP contribution in [-0.2, 0) is 19.6 Å². The van der Waals surface area contributed by atoms with E-state index in [9.17, 15) is 23.2 Å². The van der Waals surface area contributed by atoms with E-state index in [4.69, 9.17) is 5.11 Å². The zero-order chi connectivity index (χ0) is 27.1. The van der Waals surface area contributed by atoms with E-state index < -0.39 is 27.9 Å². The summed E-state index contributed by atoms with van der Waals surface area (Å²) in [5, 5.41) is 22.9. The van der Waals surface area contributed by atoms with Crippen molar-refractivity contribution in [2.24, 2.45) is 0 Å². The van der Waals surface area contributed by atoms with Crippen molar-refractivity contribution in [2.45, 2.75) is 43.0 Å². The van der Waals surface area contributed by atoms with Gasteiger partial charge in [-0.1, -0.05) is 79.6 Å². The summed E-state index contributed by atoms with van der Waals surface area (Å²) in [6, 6.07) is 19.8. The van der Waals surface area contributed by atoms with E-state index in [0.717, 1.165) is 22.3 Å². The minimum absolute atomic E-state index is 0.00842. The number of hydrogen-bond acceptors (Lipinski definition) is 7. The molecule has 0 aliphatic rings. The number of anilines is 1. The molecule has 3 aromatic carbocycles. The molecule has 1 heterocycles. The van der Waals surface area contributed by atoms with E-state index in [1.54, 1.807) is 41.8 Å². The Hall–Kier alpha value is -3.64. The molecular formula is C27H27N3O6S2. The van der Waals surface area contributed by atoms with Crippen LogP contribution in [0.2, 0.25) is 0 Å². The molecule has 4 rings (SSSR count). The lowest BCUT2D eigenvalue weighted by atomic mass is 10.1. The van der Waals surface area contributed by atoms with Crippen molar-refractivity contribution in [1.29, 1.82) is 0 Å². The number of sulfonamides is 1. The second kappa shape index (κ2) is 12.3. The van der Waals surface area contributed by atoms with Crippen LogP contribution in [0.3, 0.4) is 0 Å². The third-order valence-corrected chi connectivity index (χ3v) is 8.32. The molecular weight excluding hydrogens is 526 g/mol. The van der Waals surface area contributed by atoms with Gasteiger partial charge in [0.05, 0.1) is 10.6 Å². The molecule has 0 radical (unpaired) electrons. The van der Waals surface area contributed by atoms with Crippen LogP contribution in [0.5, 0.6) is 0 Å². The number of benzene rings is 3. The van der Waals surface area contributed by atoms with E-state index >= 15 is 0 Å². The van der Waals surface area contributed by atoms with Gasteiger partial charge in [-0.25, -0.2) is 13.4 Å². The number of nitrogens with zero attached hydrogens (tertiary/aromatic N) is 2. The topological polar surface area (TPSA) is 137 Å². The maximum Gasteiger partial charge on any atom is 0.303 e. The summed E-state index contributed by atoms with van der Waals surface area (Å²) in [4.78, 5) is 28.5. The fourth-order valence-corrected chi connectivity index (χ4v) is 6.26. The third-order valence-electron chi connectivity index (χ3n) is 5.97. The van der Waals surface area contributed by atoms with Crippen LogP contribution in [0.1, 0.15) is 32.1 Å². The molecule has 0 saturated heterocycles. The normalized spacial score (nSPS) is 12.3. The molecule has 0 aliphatic carbocycles. The number of amides is 1. The maximum absolute atomic E-state index is 13.4. The zero-order valence-electron chi connectivity index (χ0n) is 20.4. The first-order valence-electron chi connectivity index (χ1n) is 12.0. The highest BCUT2D eigenvalue weighted by Gasteiger charge is 2.31. The lowest BCUT2D eigenvalue weighted by molar-refractivity contribution is -0.137. The van der Waals surface area contributed by atoms with Gasteiger partial charge in [-0.05, 0) is 24.3 Å². The Labute approximate surface area is 224 Å². The van der Waals surface area contributed by atoms with E-state index in [2.05, 4.69) is 9.71 Å². The Kier molecular flexibility index (Phi) is 8.85. The highest BCUT2D eigenvalue weighted by Crippen LogP contribution is 2.28. The second-order valence-electron chi connectivity index (χ2n) is 8.68. The molecule has 1 amide bonds. The van der Waals surface area contributed by atoms with Crippen LogP contribution >= 0.6 is 11.3 Å². The number of hydrogen-bond donors (Lipinski definition) is 3. The Morgan fingerprint density at radius 3 is 2.42 bits per heavy atom. The summed E-state index contributed by atoms with van der Waals surface area (Å²) in [5.41, 5.74) is 1.38. The Morgan fingerprint density at radius 2 is 1.66 bits per heavy atom. The van der Waals surface area contributed by atoms with Gasteiger partial charge < -0.3 is 5.11 Å². The van der Waals surface area contributed by atoms with Crippen molar-refractivity contribution in [3.05, 3.63) is 78.2 Å². The molecule has 4 aromatic rings. The molecule has 0 unspecified atom stereocenters. The molecule has 11 heteroatoms. The van der Waals surface area contributed by atoms with Crippen molar-refractivity contribution in [3.63, 3.8) is 0 Å². The monoisotopic (exact) mass is 553 g/mol. The standard InChI is InChI=1S/C27H27N3O6S2/c31-25(32)17-6-2-5-15-22(29-38(35,36)24-16-9-13-19-10-7-8-14-21(19)24)26(33)30(34)27-28-23(18-37-27)20-11-3-1-4-12-20/h1,3-4,7-14,16,18,22,29,34H,2,5-6,15,17H2,(H,31,32)/t22-/m0/s1. The van der Waals surface area contributed by atoms with Gasteiger partial charge in [-0.3, -0.25) is 14.8 Å². The van der Waals surface area contributed by atoms with Crippen LogP contribution in [0.15, 0.2) is 83.1 Å². The third kappa shape index (κ3) is 6.62. The molecule has 1 aromatic heterocycles. The number of carbonyl (C=O) groups is 2. The Morgan fingerprint density at radius 1 is 0.947 bits per heavy atom. The van der Waals surface area contributed by atoms with Crippen molar-refractivity contribution in [3.8, 4) is 11.3 Å². The van der Waals surface area contributed by atoms with Crippen molar-refractivity contribution in [2.75, 3.05) is 5.06 Å². The van der Waals surface area contributed by atoms with Gasteiger partial charge in [0, 0.05) is 22.8 Å². The largest absolute Gasteiger partial charge is 0.481 e. The van der Waals surface area contributed by atoms with Crippen LogP contribution in [0.25, 0.3) is 22.0 Å². The van der Waals surface area contributed by atoms with E-state index in [1.165, 1.54) is 6.07 Å². The summed E-state index contributed by atoms with van der Waals surface area (Å²) >= 11 is 1.05. The minimum atomic E-state index is -4.16. The summed E-state index contributed by atoms with van der Waals surface area (Å²) in [7, 11) is -4.16. The summed E-state index contributed by atoms with van der Waals surface area (Å²) < 4.78 is 29.3. The molecule has 3 N–H and O–H groups in total. The number of carboxylic acids is 1. The number of aromatic nitrogens is 1. The van der Waals surface area contributed by atoms with Crippen molar-refractivity contribution < 1.29 is 28.3 Å². The van der Waals surface area contributed by atoms with Gasteiger partial charge in [-0.2, -0.15) is 9.79 Å². The number of carboxylic acid groups (broad SMARTS) is 1. The lowest BCUT2D eigenvalue weighted by Crippen LogP contribution is -2.47. The minimum Gasteiger partial charge on any atom is -0.481 e. The number of rotatable bonds is 12. The highest BCUT2D eigenvalue weighted by molar-refractivity contribution is 7.89. The summed E-state index contributed by atoms with van der Waals surface area (Å²) in [6.07, 6.45) is 1.29. The summed E-state index contributed by atoms with van der Waals surface area (Å²) in [5.74, 6) is -1.80. The molecule has 0 bridgehead atoms. The lowest BCUT2D eigenvalue weighted by Gasteiger charge is -2.22. The molecule has 38 heavy (non-hydrogen) atoms. The first-order valence-corrected chi connectivity index (χ1v) is 14.4. The molecule has 0 fully saturated rings. The molecule has 198 valence electrons. The number of aliphatic carboxylic acids is 1. The number of thiazole rings is 1. The first-order chi connectivity index (χ1) is 18.3. The van der Waals surface area contributed by atoms with Crippen LogP contribution in [-0.4, -0.2) is 41.6 Å². The summed E-state index contributed by atoms with van der Waals surface area (Å²) in [6.45, 7) is 0. The Balaban J connectivity index is 1.57. The van der Waals surface area contributed by atoms with E-state index in [1.807, 2.05) is 30.3 Å². The Bertz CT molecular complexity index is 1520. The number of unbranched alkanes of at least 4 members (excludes halogenated alkanes) is 2. The maximum atomic E-state index is 13.4. The molecule has 0 spiro atoms. The van der Waals surface area contributed by atoms with E-state index in [0.29, 0.717) is 35.4 Å². The van der Waals surface area contributed by atoms with Gasteiger partial charge in [0.15, 0.2) is 0 Å². The molecule has 9 nitrogen and oxygen atoms in total. The van der Waals surface area contributed by atoms with Gasteiger partial charge in [0.2, 0.25) is 15.2 Å². The van der Waals surface area contributed by atoms with E-state index in [-0.39, 0.29) is 22.9 Å². The number of carbonyl (C=O) groups excluding carboxylic acids is 1. The molecule has 0 saturated carbocycles. The highest BCUT2D eigenvalue weighted by atomic mass is 32.2. The van der Waals surface area contributed by atoms with Crippen LogP contribution in [0.4, 0.5) is 5.13 Å². The SMILES string of the molecule is O=C(O)CCCCC[C@H](NS(=O)(=O)c1cccc2ccccc12)C(=O)N(O)c1nc(-c2ccccc2)cs1. The van der Waals surface area contributed by atoms with Gasteiger partial charge in [0.25, 0.3) is 5.91 Å². The second-order valence-corrected chi connectivity index (χ2v) is 11.2.